The molecule has 1 amide bonds. The number of benzene rings is 1. The van der Waals surface area contributed by atoms with Crippen LogP contribution in [0.4, 0.5) is 0 Å². The third kappa shape index (κ3) is 4.67. The van der Waals surface area contributed by atoms with Crippen LogP contribution in [0.2, 0.25) is 0 Å². The Hall–Kier alpha value is -2.64. The summed E-state index contributed by atoms with van der Waals surface area (Å²) in [5.74, 6) is 1.14. The van der Waals surface area contributed by atoms with Gasteiger partial charge < -0.3 is 14.8 Å². The zero-order valence-electron chi connectivity index (χ0n) is 13.7. The normalized spacial score (nSPS) is 12.0. The Bertz CT molecular complexity index is 643. The highest BCUT2D eigenvalue weighted by atomic mass is 16.5. The van der Waals surface area contributed by atoms with E-state index in [1.54, 1.807) is 7.11 Å². The van der Waals surface area contributed by atoms with Crippen molar-refractivity contribution in [1.82, 2.24) is 25.5 Å². The highest BCUT2D eigenvalue weighted by Crippen LogP contribution is 2.31. The van der Waals surface area contributed by atoms with E-state index in [0.29, 0.717) is 11.5 Å². The molecule has 1 aromatic carbocycles. The Balaban J connectivity index is 2.03. The van der Waals surface area contributed by atoms with E-state index in [-0.39, 0.29) is 24.6 Å². The van der Waals surface area contributed by atoms with E-state index in [2.05, 4.69) is 20.8 Å². The van der Waals surface area contributed by atoms with Crippen LogP contribution in [-0.2, 0) is 11.3 Å². The molecule has 0 unspecified atom stereocenters. The summed E-state index contributed by atoms with van der Waals surface area (Å²) in [6, 6.07) is 5.43. The number of tetrazole rings is 1. The topological polar surface area (TPSA) is 91.2 Å². The van der Waals surface area contributed by atoms with Gasteiger partial charge in [-0.2, -0.15) is 0 Å². The maximum atomic E-state index is 12.0. The summed E-state index contributed by atoms with van der Waals surface area (Å²) in [6.07, 6.45) is 1.45. The van der Waals surface area contributed by atoms with Crippen LogP contribution in [0.15, 0.2) is 24.5 Å². The summed E-state index contributed by atoms with van der Waals surface area (Å²) in [6.45, 7) is 5.88. The highest BCUT2D eigenvalue weighted by Gasteiger charge is 2.14. The first kappa shape index (κ1) is 16.7. The molecule has 0 fully saturated rings. The van der Waals surface area contributed by atoms with Crippen LogP contribution >= 0.6 is 0 Å². The largest absolute Gasteiger partial charge is 0.493 e. The molecule has 0 spiro atoms. The Labute approximate surface area is 134 Å². The van der Waals surface area contributed by atoms with Gasteiger partial charge in [-0.05, 0) is 48.9 Å². The average molecular weight is 319 g/mol. The van der Waals surface area contributed by atoms with Crippen LogP contribution in [0.5, 0.6) is 11.5 Å². The van der Waals surface area contributed by atoms with Gasteiger partial charge in [0, 0.05) is 0 Å². The number of hydrogen-bond donors (Lipinski definition) is 1. The third-order valence-electron chi connectivity index (χ3n) is 3.12. The van der Waals surface area contributed by atoms with Crippen LogP contribution in [0.3, 0.4) is 0 Å². The minimum Gasteiger partial charge on any atom is -0.493 e. The molecule has 0 saturated carbocycles. The SMILES string of the molecule is COc1cc([C@@H](C)NC(=O)Cn2cnnn2)ccc1OC(C)C. The first-order chi connectivity index (χ1) is 11.0. The molecule has 0 aliphatic carbocycles. The van der Waals surface area contributed by atoms with Gasteiger partial charge in [0.25, 0.3) is 0 Å². The van der Waals surface area contributed by atoms with E-state index in [1.165, 1.54) is 11.0 Å². The molecule has 0 aliphatic rings. The number of aromatic nitrogens is 4. The van der Waals surface area contributed by atoms with Crippen molar-refractivity contribution in [3.8, 4) is 11.5 Å². The lowest BCUT2D eigenvalue weighted by Gasteiger charge is -2.18. The van der Waals surface area contributed by atoms with Crippen LogP contribution in [0.25, 0.3) is 0 Å². The van der Waals surface area contributed by atoms with Gasteiger partial charge in [0.15, 0.2) is 11.5 Å². The van der Waals surface area contributed by atoms with E-state index in [0.717, 1.165) is 5.56 Å². The quantitative estimate of drug-likeness (QED) is 0.828. The number of nitrogens with zero attached hydrogens (tertiary/aromatic N) is 4. The van der Waals surface area contributed by atoms with E-state index >= 15 is 0 Å². The molecular weight excluding hydrogens is 298 g/mol. The minimum absolute atomic E-state index is 0.0585. The van der Waals surface area contributed by atoms with Crippen molar-refractivity contribution in [1.29, 1.82) is 0 Å². The molecule has 124 valence electrons. The smallest absolute Gasteiger partial charge is 0.242 e. The van der Waals surface area contributed by atoms with Crippen molar-refractivity contribution in [3.63, 3.8) is 0 Å². The van der Waals surface area contributed by atoms with Gasteiger partial charge in [-0.3, -0.25) is 4.79 Å². The highest BCUT2D eigenvalue weighted by molar-refractivity contribution is 5.76. The van der Waals surface area contributed by atoms with Gasteiger partial charge in [0.05, 0.1) is 19.3 Å². The standard InChI is InChI=1S/C15H21N5O3/c1-10(2)23-13-6-5-12(7-14(13)22-4)11(3)17-15(21)8-20-9-16-18-19-20/h5-7,9-11H,8H2,1-4H3,(H,17,21)/t11-/m1/s1. The molecule has 1 N–H and O–H groups in total. The van der Waals surface area contributed by atoms with Crippen LogP contribution in [0.1, 0.15) is 32.4 Å². The molecule has 8 heteroatoms. The van der Waals surface area contributed by atoms with Gasteiger partial charge in [0.2, 0.25) is 5.91 Å². The second-order valence-corrected chi connectivity index (χ2v) is 5.37. The van der Waals surface area contributed by atoms with Crippen LogP contribution < -0.4 is 14.8 Å². The molecule has 23 heavy (non-hydrogen) atoms. The molecule has 1 aromatic heterocycles. The maximum Gasteiger partial charge on any atom is 0.242 e. The number of hydrogen-bond acceptors (Lipinski definition) is 6. The van der Waals surface area contributed by atoms with E-state index in [1.807, 2.05) is 39.0 Å². The van der Waals surface area contributed by atoms with E-state index in [4.69, 9.17) is 9.47 Å². The van der Waals surface area contributed by atoms with Gasteiger partial charge in [-0.25, -0.2) is 4.68 Å². The molecule has 0 bridgehead atoms. The third-order valence-corrected chi connectivity index (χ3v) is 3.12. The molecule has 0 saturated heterocycles. The number of ether oxygens (including phenoxy) is 2. The number of methoxy groups -OCH3 is 1. The molecule has 1 atom stereocenters. The first-order valence-electron chi connectivity index (χ1n) is 7.34. The average Bonchev–Trinajstić information content (AvgIpc) is 2.99. The lowest BCUT2D eigenvalue weighted by Crippen LogP contribution is -2.30. The number of carbonyl (C=O) groups excluding carboxylic acids is 1. The van der Waals surface area contributed by atoms with Crippen LogP contribution in [-0.4, -0.2) is 39.3 Å². The molecule has 8 nitrogen and oxygen atoms in total. The van der Waals surface area contributed by atoms with Gasteiger partial charge in [-0.15, -0.1) is 5.10 Å². The lowest BCUT2D eigenvalue weighted by molar-refractivity contribution is -0.122. The monoisotopic (exact) mass is 319 g/mol. The molecule has 2 rings (SSSR count). The summed E-state index contributed by atoms with van der Waals surface area (Å²) < 4.78 is 12.4. The van der Waals surface area contributed by atoms with Crippen molar-refractivity contribution in [2.24, 2.45) is 0 Å². The summed E-state index contributed by atoms with van der Waals surface area (Å²) in [5, 5.41) is 13.5. The second-order valence-electron chi connectivity index (χ2n) is 5.37. The lowest BCUT2D eigenvalue weighted by atomic mass is 10.1. The number of amides is 1. The van der Waals surface area contributed by atoms with Crippen molar-refractivity contribution < 1.29 is 14.3 Å². The Morgan fingerprint density at radius 2 is 2.09 bits per heavy atom. The fourth-order valence-electron chi connectivity index (χ4n) is 2.08. The number of nitrogens with one attached hydrogen (secondary N) is 1. The zero-order chi connectivity index (χ0) is 16.8. The first-order valence-corrected chi connectivity index (χ1v) is 7.34. The fraction of sp³-hybridized carbons (Fsp3) is 0.467. The summed E-state index contributed by atoms with van der Waals surface area (Å²) >= 11 is 0. The maximum absolute atomic E-state index is 12.0. The Morgan fingerprint density at radius 3 is 2.70 bits per heavy atom. The molecular formula is C15H21N5O3. The van der Waals surface area contributed by atoms with Crippen molar-refractivity contribution in [2.45, 2.75) is 39.5 Å². The predicted octanol–water partition coefficient (Wildman–Crippen LogP) is 1.35. The minimum atomic E-state index is -0.180. The second kappa shape index (κ2) is 7.57. The Morgan fingerprint density at radius 1 is 1.30 bits per heavy atom. The summed E-state index contributed by atoms with van der Waals surface area (Å²) in [5.41, 5.74) is 0.919. The zero-order valence-corrected chi connectivity index (χ0v) is 13.7. The summed E-state index contributed by atoms with van der Waals surface area (Å²) in [4.78, 5) is 12.0. The van der Waals surface area contributed by atoms with Gasteiger partial charge in [0.1, 0.15) is 12.9 Å². The number of rotatable bonds is 7. The van der Waals surface area contributed by atoms with Gasteiger partial charge >= 0.3 is 0 Å². The van der Waals surface area contributed by atoms with E-state index in [9.17, 15) is 4.79 Å². The molecule has 0 aliphatic heterocycles. The van der Waals surface area contributed by atoms with Crippen molar-refractivity contribution in [2.75, 3.05) is 7.11 Å². The molecule has 1 heterocycles. The Kier molecular flexibility index (Phi) is 5.51. The van der Waals surface area contributed by atoms with Gasteiger partial charge in [-0.1, -0.05) is 6.07 Å². The predicted molar refractivity (Wildman–Crippen MR) is 83.1 cm³/mol. The van der Waals surface area contributed by atoms with E-state index < -0.39 is 0 Å². The summed E-state index contributed by atoms with van der Waals surface area (Å²) in [7, 11) is 1.59. The van der Waals surface area contributed by atoms with Crippen molar-refractivity contribution in [3.05, 3.63) is 30.1 Å². The van der Waals surface area contributed by atoms with Crippen molar-refractivity contribution >= 4 is 5.91 Å². The fourth-order valence-corrected chi connectivity index (χ4v) is 2.08. The molecule has 0 radical (unpaired) electrons. The van der Waals surface area contributed by atoms with Crippen LogP contribution in [0, 0.1) is 0 Å². The molecule has 2 aromatic rings. The number of carbonyl (C=O) groups is 1.